The Bertz CT molecular complexity index is 298. The van der Waals surface area contributed by atoms with E-state index in [1.165, 1.54) is 6.08 Å². The van der Waals surface area contributed by atoms with Crippen LogP contribution in [0.25, 0.3) is 0 Å². The number of hydrogen-bond acceptors (Lipinski definition) is 5. The largest absolute Gasteiger partial charge is 0.445 e. The Hall–Kier alpha value is -1.11. The number of nitrogens with one attached hydrogen (secondary N) is 2. The Morgan fingerprint density at radius 1 is 1.58 bits per heavy atom. The highest BCUT2D eigenvalue weighted by atomic mass is 16.6. The first-order valence-electron chi connectivity index (χ1n) is 6.58. The zero-order valence-corrected chi connectivity index (χ0v) is 11.6. The second-order valence-corrected chi connectivity index (χ2v) is 4.83. The second kappa shape index (κ2) is 8.14. The summed E-state index contributed by atoms with van der Waals surface area (Å²) in [5.74, 6) is 0.404. The summed E-state index contributed by atoms with van der Waals surface area (Å²) < 4.78 is 10.3. The van der Waals surface area contributed by atoms with E-state index in [1.54, 1.807) is 0 Å². The van der Waals surface area contributed by atoms with Gasteiger partial charge in [-0.2, -0.15) is 0 Å². The molecule has 0 aromatic heterocycles. The smallest absolute Gasteiger partial charge is 0.407 e. The van der Waals surface area contributed by atoms with E-state index in [0.717, 1.165) is 13.0 Å². The molecule has 1 aliphatic rings. The highest BCUT2D eigenvalue weighted by Gasteiger charge is 2.34. The van der Waals surface area contributed by atoms with Gasteiger partial charge >= 0.3 is 6.09 Å². The van der Waals surface area contributed by atoms with Gasteiger partial charge in [0.05, 0.1) is 6.10 Å². The lowest BCUT2D eigenvalue weighted by Crippen LogP contribution is -2.47. The molecule has 1 heterocycles. The molecule has 110 valence electrons. The average molecular weight is 272 g/mol. The Morgan fingerprint density at radius 3 is 2.95 bits per heavy atom. The molecule has 19 heavy (non-hydrogen) atoms. The van der Waals surface area contributed by atoms with Crippen molar-refractivity contribution in [1.82, 2.24) is 10.6 Å². The van der Waals surface area contributed by atoms with Crippen molar-refractivity contribution in [2.45, 2.75) is 25.7 Å². The van der Waals surface area contributed by atoms with Gasteiger partial charge in [0.15, 0.2) is 6.29 Å². The lowest BCUT2D eigenvalue weighted by molar-refractivity contribution is -0.204. The molecule has 3 unspecified atom stereocenters. The number of aliphatic hydroxyl groups is 1. The third-order valence-electron chi connectivity index (χ3n) is 3.36. The molecule has 6 heteroatoms. The molecule has 1 rings (SSSR count). The molecular weight excluding hydrogens is 248 g/mol. The van der Waals surface area contributed by atoms with Crippen LogP contribution in [0.3, 0.4) is 0 Å². The first-order chi connectivity index (χ1) is 9.08. The summed E-state index contributed by atoms with van der Waals surface area (Å²) in [6.45, 7) is 6.76. The molecule has 1 amide bonds. The SMILES string of the molecule is C=CCOC(=O)NCC1C[C@H](CNC)C(C)C(O)O1. The number of rotatable bonds is 6. The topological polar surface area (TPSA) is 79.8 Å². The Kier molecular flexibility index (Phi) is 6.83. The number of ether oxygens (including phenoxy) is 2. The van der Waals surface area contributed by atoms with Gasteiger partial charge in [0.1, 0.15) is 6.61 Å². The van der Waals surface area contributed by atoms with Gasteiger partial charge in [-0.05, 0) is 25.9 Å². The summed E-state index contributed by atoms with van der Waals surface area (Å²) in [7, 11) is 1.88. The molecule has 0 aromatic carbocycles. The number of hydrogen-bond donors (Lipinski definition) is 3. The van der Waals surface area contributed by atoms with Gasteiger partial charge in [0, 0.05) is 12.5 Å². The normalized spacial score (nSPS) is 30.7. The summed E-state index contributed by atoms with van der Waals surface area (Å²) in [6, 6.07) is 0. The molecule has 1 aliphatic heterocycles. The van der Waals surface area contributed by atoms with Crippen molar-refractivity contribution in [2.75, 3.05) is 26.7 Å². The summed E-state index contributed by atoms with van der Waals surface area (Å²) in [6.07, 6.45) is 0.817. The molecule has 0 radical (unpaired) electrons. The fourth-order valence-corrected chi connectivity index (χ4v) is 2.21. The Morgan fingerprint density at radius 2 is 2.32 bits per heavy atom. The van der Waals surface area contributed by atoms with Crippen molar-refractivity contribution in [3.8, 4) is 0 Å². The monoisotopic (exact) mass is 272 g/mol. The highest BCUT2D eigenvalue weighted by molar-refractivity contribution is 5.67. The zero-order valence-electron chi connectivity index (χ0n) is 11.6. The van der Waals surface area contributed by atoms with Crippen molar-refractivity contribution in [1.29, 1.82) is 0 Å². The number of alkyl carbamates (subject to hydrolysis) is 1. The van der Waals surface area contributed by atoms with Crippen LogP contribution < -0.4 is 10.6 Å². The minimum absolute atomic E-state index is 0.0800. The van der Waals surface area contributed by atoms with Gasteiger partial charge in [-0.15, -0.1) is 0 Å². The van der Waals surface area contributed by atoms with Crippen LogP contribution in [0.2, 0.25) is 0 Å². The van der Waals surface area contributed by atoms with Crippen molar-refractivity contribution in [3.05, 3.63) is 12.7 Å². The van der Waals surface area contributed by atoms with Crippen LogP contribution in [0.4, 0.5) is 4.79 Å². The predicted molar refractivity (Wildman–Crippen MR) is 71.6 cm³/mol. The summed E-state index contributed by atoms with van der Waals surface area (Å²) in [5, 5.41) is 15.6. The van der Waals surface area contributed by atoms with Gasteiger partial charge < -0.3 is 25.2 Å². The summed E-state index contributed by atoms with van der Waals surface area (Å²) in [5.41, 5.74) is 0. The molecule has 0 saturated carbocycles. The van der Waals surface area contributed by atoms with Crippen LogP contribution >= 0.6 is 0 Å². The highest BCUT2D eigenvalue weighted by Crippen LogP contribution is 2.28. The van der Waals surface area contributed by atoms with Crippen molar-refractivity contribution in [3.63, 3.8) is 0 Å². The molecule has 1 saturated heterocycles. The van der Waals surface area contributed by atoms with Gasteiger partial charge in [-0.1, -0.05) is 19.6 Å². The maximum atomic E-state index is 11.3. The van der Waals surface area contributed by atoms with E-state index in [2.05, 4.69) is 17.2 Å². The van der Waals surface area contributed by atoms with Crippen molar-refractivity contribution < 1.29 is 19.4 Å². The molecule has 0 bridgehead atoms. The van der Waals surface area contributed by atoms with Crippen molar-refractivity contribution in [2.24, 2.45) is 11.8 Å². The van der Waals surface area contributed by atoms with E-state index in [0.29, 0.717) is 12.5 Å². The number of carbonyl (C=O) groups excluding carboxylic acids is 1. The first-order valence-corrected chi connectivity index (χ1v) is 6.58. The van der Waals surface area contributed by atoms with Gasteiger partial charge in [-0.3, -0.25) is 0 Å². The Labute approximate surface area is 114 Å². The number of aliphatic hydroxyl groups excluding tert-OH is 1. The van der Waals surface area contributed by atoms with E-state index in [4.69, 9.17) is 9.47 Å². The van der Waals surface area contributed by atoms with E-state index < -0.39 is 12.4 Å². The molecule has 1 fully saturated rings. The first kappa shape index (κ1) is 15.9. The predicted octanol–water partition coefficient (Wildman–Crippen LogP) is 0.478. The molecular formula is C13H24N2O4. The van der Waals surface area contributed by atoms with Crippen LogP contribution in [0.1, 0.15) is 13.3 Å². The van der Waals surface area contributed by atoms with E-state index >= 15 is 0 Å². The van der Waals surface area contributed by atoms with Crippen LogP contribution in [0.15, 0.2) is 12.7 Å². The molecule has 6 nitrogen and oxygen atoms in total. The van der Waals surface area contributed by atoms with Crippen LogP contribution in [0.5, 0.6) is 0 Å². The number of carbonyl (C=O) groups is 1. The fourth-order valence-electron chi connectivity index (χ4n) is 2.21. The number of amides is 1. The lowest BCUT2D eigenvalue weighted by atomic mass is 9.85. The summed E-state index contributed by atoms with van der Waals surface area (Å²) in [4.78, 5) is 11.3. The van der Waals surface area contributed by atoms with Crippen LogP contribution in [0, 0.1) is 11.8 Å². The van der Waals surface area contributed by atoms with Crippen LogP contribution in [-0.4, -0.2) is 50.3 Å². The quantitative estimate of drug-likeness (QED) is 0.613. The Balaban J connectivity index is 2.37. The zero-order chi connectivity index (χ0) is 14.3. The maximum Gasteiger partial charge on any atom is 0.407 e. The van der Waals surface area contributed by atoms with E-state index in [9.17, 15) is 9.90 Å². The molecule has 0 aliphatic carbocycles. The molecule has 0 aromatic rings. The standard InChI is InChI=1S/C13H24N2O4/c1-4-5-18-13(17)15-8-11-6-10(7-14-3)9(2)12(16)19-11/h4,9-12,14,16H,1,5-8H2,2-3H3,(H,15,17)/t9?,10-,11?,12?/m1/s1. The van der Waals surface area contributed by atoms with E-state index in [-0.39, 0.29) is 18.6 Å². The maximum absolute atomic E-state index is 11.3. The minimum Gasteiger partial charge on any atom is -0.445 e. The van der Waals surface area contributed by atoms with Crippen molar-refractivity contribution >= 4 is 6.09 Å². The van der Waals surface area contributed by atoms with Gasteiger partial charge in [-0.25, -0.2) is 4.79 Å². The minimum atomic E-state index is -0.789. The van der Waals surface area contributed by atoms with Gasteiger partial charge in [0.2, 0.25) is 0 Å². The van der Waals surface area contributed by atoms with E-state index in [1.807, 2.05) is 14.0 Å². The lowest BCUT2D eigenvalue weighted by Gasteiger charge is -2.38. The molecule has 4 atom stereocenters. The molecule has 3 N–H and O–H groups in total. The fraction of sp³-hybridized carbons (Fsp3) is 0.769. The second-order valence-electron chi connectivity index (χ2n) is 4.83. The summed E-state index contributed by atoms with van der Waals surface area (Å²) >= 11 is 0. The molecule has 0 spiro atoms. The van der Waals surface area contributed by atoms with Crippen LogP contribution in [-0.2, 0) is 9.47 Å². The third kappa shape index (κ3) is 5.18. The third-order valence-corrected chi connectivity index (χ3v) is 3.36. The average Bonchev–Trinajstić information content (AvgIpc) is 2.39. The van der Waals surface area contributed by atoms with Gasteiger partial charge in [0.25, 0.3) is 0 Å².